The molecule has 0 amide bonds. The molecule has 0 unspecified atom stereocenters. The number of benzene rings is 3. The predicted octanol–water partition coefficient (Wildman–Crippen LogP) is 5.38. The lowest BCUT2D eigenvalue weighted by Crippen LogP contribution is -2.35. The minimum Gasteiger partial charge on any atom is -0.497 e. The number of thiocarbonyl (C=S) groups is 1. The fourth-order valence-corrected chi connectivity index (χ4v) is 3.89. The zero-order valence-electron chi connectivity index (χ0n) is 18.4. The van der Waals surface area contributed by atoms with Crippen molar-refractivity contribution in [2.24, 2.45) is 0 Å². The SMILES string of the molecule is COc1ccc(NC(=S)N(Cc2ccc(F)cc2)Cc2cc3cccc(C)c3[nH]c2=O)cc1. The first-order valence-electron chi connectivity index (χ1n) is 10.5. The molecule has 33 heavy (non-hydrogen) atoms. The summed E-state index contributed by atoms with van der Waals surface area (Å²) in [5.74, 6) is 0.443. The molecule has 0 aliphatic heterocycles. The molecule has 1 aromatic heterocycles. The van der Waals surface area contributed by atoms with E-state index >= 15 is 0 Å². The van der Waals surface area contributed by atoms with Crippen molar-refractivity contribution in [3.8, 4) is 5.75 Å². The number of para-hydroxylation sites is 1. The summed E-state index contributed by atoms with van der Waals surface area (Å²) in [5.41, 5.74) is 3.95. The number of fused-ring (bicyclic) bond motifs is 1. The Morgan fingerprint density at radius 3 is 2.48 bits per heavy atom. The van der Waals surface area contributed by atoms with E-state index in [4.69, 9.17) is 17.0 Å². The molecule has 0 saturated carbocycles. The van der Waals surface area contributed by atoms with E-state index in [2.05, 4.69) is 10.3 Å². The van der Waals surface area contributed by atoms with Crippen molar-refractivity contribution in [2.75, 3.05) is 12.4 Å². The van der Waals surface area contributed by atoms with Gasteiger partial charge in [-0.2, -0.15) is 0 Å². The van der Waals surface area contributed by atoms with Gasteiger partial charge in [0.25, 0.3) is 5.56 Å². The van der Waals surface area contributed by atoms with Crippen LogP contribution < -0.4 is 15.6 Å². The molecule has 168 valence electrons. The van der Waals surface area contributed by atoms with E-state index in [1.54, 1.807) is 19.2 Å². The Morgan fingerprint density at radius 2 is 1.79 bits per heavy atom. The molecule has 5 nitrogen and oxygen atoms in total. The van der Waals surface area contributed by atoms with E-state index in [1.807, 2.05) is 60.4 Å². The average Bonchev–Trinajstić information content (AvgIpc) is 2.81. The Balaban J connectivity index is 1.63. The first-order valence-corrected chi connectivity index (χ1v) is 10.9. The molecule has 1 heterocycles. The predicted molar refractivity (Wildman–Crippen MR) is 134 cm³/mol. The number of aromatic nitrogens is 1. The third-order valence-corrected chi connectivity index (χ3v) is 5.80. The van der Waals surface area contributed by atoms with Gasteiger partial charge in [-0.3, -0.25) is 4.79 Å². The number of H-pyrrole nitrogens is 1. The summed E-state index contributed by atoms with van der Waals surface area (Å²) in [6.07, 6.45) is 0. The fraction of sp³-hybridized carbons (Fsp3) is 0.154. The fourth-order valence-electron chi connectivity index (χ4n) is 3.64. The summed E-state index contributed by atoms with van der Waals surface area (Å²) in [7, 11) is 1.61. The van der Waals surface area contributed by atoms with Crippen LogP contribution in [0.25, 0.3) is 10.9 Å². The monoisotopic (exact) mass is 461 g/mol. The van der Waals surface area contributed by atoms with E-state index in [9.17, 15) is 9.18 Å². The number of aryl methyl sites for hydroxylation is 1. The van der Waals surface area contributed by atoms with Gasteiger partial charge in [0.2, 0.25) is 0 Å². The van der Waals surface area contributed by atoms with Gasteiger partial charge in [-0.1, -0.05) is 30.3 Å². The third-order valence-electron chi connectivity index (χ3n) is 5.44. The molecule has 0 saturated heterocycles. The summed E-state index contributed by atoms with van der Waals surface area (Å²) in [4.78, 5) is 17.7. The molecule has 4 rings (SSSR count). The highest BCUT2D eigenvalue weighted by Crippen LogP contribution is 2.19. The Kier molecular flexibility index (Phi) is 6.70. The second kappa shape index (κ2) is 9.83. The second-order valence-electron chi connectivity index (χ2n) is 7.80. The number of hydrogen-bond donors (Lipinski definition) is 2. The minimum absolute atomic E-state index is 0.159. The van der Waals surface area contributed by atoms with Gasteiger partial charge in [0.05, 0.1) is 19.2 Å². The summed E-state index contributed by atoms with van der Waals surface area (Å²) >= 11 is 5.70. The highest BCUT2D eigenvalue weighted by atomic mass is 32.1. The molecule has 0 aliphatic rings. The summed E-state index contributed by atoms with van der Waals surface area (Å²) in [5, 5.41) is 4.64. The molecular weight excluding hydrogens is 437 g/mol. The van der Waals surface area contributed by atoms with Crippen LogP contribution in [-0.2, 0) is 13.1 Å². The van der Waals surface area contributed by atoms with Crippen molar-refractivity contribution in [3.63, 3.8) is 0 Å². The normalized spacial score (nSPS) is 10.8. The van der Waals surface area contributed by atoms with Gasteiger partial charge >= 0.3 is 0 Å². The van der Waals surface area contributed by atoms with E-state index < -0.39 is 0 Å². The van der Waals surface area contributed by atoms with Crippen LogP contribution >= 0.6 is 12.2 Å². The Morgan fingerprint density at radius 1 is 1.06 bits per heavy atom. The van der Waals surface area contributed by atoms with Crippen molar-refractivity contribution < 1.29 is 9.13 Å². The quantitative estimate of drug-likeness (QED) is 0.378. The number of anilines is 1. The summed E-state index contributed by atoms with van der Waals surface area (Å²) in [6.45, 7) is 2.67. The van der Waals surface area contributed by atoms with Gasteiger partial charge in [-0.25, -0.2) is 4.39 Å². The Labute approximate surface area is 196 Å². The zero-order chi connectivity index (χ0) is 23.4. The van der Waals surface area contributed by atoms with E-state index in [1.165, 1.54) is 12.1 Å². The molecular formula is C26H24FN3O2S. The molecule has 2 N–H and O–H groups in total. The number of ether oxygens (including phenoxy) is 1. The molecule has 3 aromatic carbocycles. The first-order chi connectivity index (χ1) is 15.9. The summed E-state index contributed by atoms with van der Waals surface area (Å²) < 4.78 is 18.6. The maximum absolute atomic E-state index is 13.4. The van der Waals surface area contributed by atoms with Crippen LogP contribution in [0.3, 0.4) is 0 Å². The molecule has 0 atom stereocenters. The van der Waals surface area contributed by atoms with Gasteiger partial charge in [-0.05, 0) is 78.1 Å². The lowest BCUT2D eigenvalue weighted by Gasteiger charge is -2.26. The Bertz CT molecular complexity index is 1330. The maximum Gasteiger partial charge on any atom is 0.253 e. The maximum atomic E-state index is 13.4. The lowest BCUT2D eigenvalue weighted by atomic mass is 10.1. The first kappa shape index (κ1) is 22.5. The van der Waals surface area contributed by atoms with Gasteiger partial charge < -0.3 is 19.9 Å². The number of pyridine rings is 1. The van der Waals surface area contributed by atoms with Crippen molar-refractivity contribution >= 4 is 33.9 Å². The van der Waals surface area contributed by atoms with Crippen molar-refractivity contribution in [2.45, 2.75) is 20.0 Å². The zero-order valence-corrected chi connectivity index (χ0v) is 19.2. The minimum atomic E-state index is -0.300. The highest BCUT2D eigenvalue weighted by Gasteiger charge is 2.15. The van der Waals surface area contributed by atoms with Gasteiger partial charge in [0, 0.05) is 17.8 Å². The Hall–Kier alpha value is -3.71. The van der Waals surface area contributed by atoms with Crippen LogP contribution in [0.5, 0.6) is 5.75 Å². The van der Waals surface area contributed by atoms with Crippen LogP contribution in [0, 0.1) is 12.7 Å². The van der Waals surface area contributed by atoms with Gasteiger partial charge in [0.1, 0.15) is 11.6 Å². The van der Waals surface area contributed by atoms with Crippen LogP contribution in [0.2, 0.25) is 0 Å². The molecule has 0 fully saturated rings. The number of nitrogens with one attached hydrogen (secondary N) is 2. The molecule has 0 bridgehead atoms. The lowest BCUT2D eigenvalue weighted by molar-refractivity contribution is 0.410. The van der Waals surface area contributed by atoms with Crippen molar-refractivity contribution in [3.05, 3.63) is 106 Å². The third kappa shape index (κ3) is 5.38. The molecule has 4 aromatic rings. The molecule has 0 radical (unpaired) electrons. The van der Waals surface area contributed by atoms with E-state index in [0.717, 1.165) is 33.5 Å². The van der Waals surface area contributed by atoms with Crippen LogP contribution in [-0.4, -0.2) is 22.1 Å². The summed E-state index contributed by atoms with van der Waals surface area (Å²) in [6, 6.07) is 21.5. The van der Waals surface area contributed by atoms with E-state index in [0.29, 0.717) is 23.8 Å². The van der Waals surface area contributed by atoms with Crippen LogP contribution in [0.15, 0.2) is 77.6 Å². The highest BCUT2D eigenvalue weighted by molar-refractivity contribution is 7.80. The van der Waals surface area contributed by atoms with Crippen molar-refractivity contribution in [1.82, 2.24) is 9.88 Å². The molecule has 0 aliphatic carbocycles. The number of aromatic amines is 1. The van der Waals surface area contributed by atoms with Crippen LogP contribution in [0.4, 0.5) is 10.1 Å². The van der Waals surface area contributed by atoms with E-state index in [-0.39, 0.29) is 11.4 Å². The smallest absolute Gasteiger partial charge is 0.253 e. The average molecular weight is 462 g/mol. The van der Waals surface area contributed by atoms with Crippen molar-refractivity contribution in [1.29, 1.82) is 0 Å². The van der Waals surface area contributed by atoms with Crippen LogP contribution in [0.1, 0.15) is 16.7 Å². The van der Waals surface area contributed by atoms with Gasteiger partial charge in [-0.15, -0.1) is 0 Å². The number of methoxy groups -OCH3 is 1. The number of halogens is 1. The number of rotatable bonds is 6. The number of nitrogens with zero attached hydrogens (tertiary/aromatic N) is 1. The molecule has 0 spiro atoms. The topological polar surface area (TPSA) is 57.4 Å². The largest absolute Gasteiger partial charge is 0.497 e. The number of hydrogen-bond acceptors (Lipinski definition) is 3. The molecule has 7 heteroatoms. The second-order valence-corrected chi connectivity index (χ2v) is 8.19. The van der Waals surface area contributed by atoms with Gasteiger partial charge in [0.15, 0.2) is 5.11 Å². The standard InChI is InChI=1S/C26H24FN3O2S/c1-17-4-3-5-19-14-20(25(31)29-24(17)19)16-30(15-18-6-8-21(27)9-7-18)26(33)28-22-10-12-23(32-2)13-11-22/h3-14H,15-16H2,1-2H3,(H,28,33)(H,29,31).